The quantitative estimate of drug-likeness (QED) is 0.378. The molecular weight excluding hydrogens is 367 g/mol. The maximum Gasteiger partial charge on any atom is 0.388 e. The number of rotatable bonds is 6. The first kappa shape index (κ1) is 19.3. The zero-order chi connectivity index (χ0) is 18.8. The second-order valence-electron chi connectivity index (χ2n) is 5.34. The molecule has 0 aromatic heterocycles. The Balaban J connectivity index is 2.53. The molecule has 0 saturated heterocycles. The normalized spacial score (nSPS) is 12.8. The Morgan fingerprint density at radius 3 is 2.20 bits per heavy atom. The molecule has 0 saturated carbocycles. The molecule has 2 rings (SSSR count). The van der Waals surface area contributed by atoms with Gasteiger partial charge < -0.3 is 25.1 Å². The summed E-state index contributed by atoms with van der Waals surface area (Å²) in [7, 11) is 0. The lowest BCUT2D eigenvalue weighted by Crippen LogP contribution is -2.13. The van der Waals surface area contributed by atoms with Gasteiger partial charge in [0.15, 0.2) is 5.78 Å². The molecule has 0 aliphatic carbocycles. The van der Waals surface area contributed by atoms with Crippen LogP contribution < -0.4 is 0 Å². The molecule has 9 heteroatoms. The third kappa shape index (κ3) is 4.76. The molecule has 0 amide bonds. The predicted octanol–water partition coefficient (Wildman–Crippen LogP) is 3.36. The Bertz CT molecular complexity index is 829. The number of Topliss-reactive ketones (excluding diaryl/α,β-unsaturated/α-hetero) is 1. The molecule has 5 N–H and O–H groups in total. The van der Waals surface area contributed by atoms with Crippen LogP contribution in [-0.4, -0.2) is 30.9 Å². The van der Waals surface area contributed by atoms with Crippen molar-refractivity contribution >= 4 is 24.0 Å². The minimum absolute atomic E-state index is 0.0382. The van der Waals surface area contributed by atoms with Crippen LogP contribution in [-0.2, 0) is 4.57 Å². The van der Waals surface area contributed by atoms with E-state index in [1.165, 1.54) is 12.1 Å². The van der Waals surface area contributed by atoms with Crippen LogP contribution in [0.5, 0.6) is 17.2 Å². The van der Waals surface area contributed by atoms with Gasteiger partial charge in [-0.3, -0.25) is 4.79 Å². The van der Waals surface area contributed by atoms with Crippen LogP contribution in [0.3, 0.4) is 0 Å². The molecule has 7 nitrogen and oxygen atoms in total. The largest absolute Gasteiger partial charge is 0.508 e. The van der Waals surface area contributed by atoms with Crippen molar-refractivity contribution < 1.29 is 34.5 Å². The van der Waals surface area contributed by atoms with Crippen molar-refractivity contribution in [2.75, 3.05) is 0 Å². The number of hydrogen-bond donors (Lipinski definition) is 5. The maximum absolute atomic E-state index is 12.9. The summed E-state index contributed by atoms with van der Waals surface area (Å²) in [6.07, 6.45) is 0.365. The van der Waals surface area contributed by atoms with Crippen molar-refractivity contribution in [3.63, 3.8) is 0 Å². The van der Waals surface area contributed by atoms with Gasteiger partial charge in [0.2, 0.25) is 0 Å². The number of ketones is 1. The van der Waals surface area contributed by atoms with Crippen LogP contribution in [0, 0.1) is 0 Å². The van der Waals surface area contributed by atoms with Crippen LogP contribution in [0.25, 0.3) is 0 Å². The van der Waals surface area contributed by atoms with E-state index in [1.807, 2.05) is 0 Å². The summed E-state index contributed by atoms with van der Waals surface area (Å²) in [5.74, 6) is -2.16. The lowest BCUT2D eigenvalue weighted by molar-refractivity contribution is 0.0951. The molecule has 0 spiro atoms. The fourth-order valence-corrected chi connectivity index (χ4v) is 4.41. The van der Waals surface area contributed by atoms with E-state index in [0.717, 1.165) is 12.1 Å². The summed E-state index contributed by atoms with van der Waals surface area (Å²) < 4.78 is 11.3. The van der Waals surface area contributed by atoms with Gasteiger partial charge in [0, 0.05) is 16.9 Å². The van der Waals surface area contributed by atoms with Gasteiger partial charge in [-0.1, -0.05) is 19.1 Å². The minimum Gasteiger partial charge on any atom is -0.508 e. The number of phenols is 3. The molecule has 0 fully saturated rings. The zero-order valence-electron chi connectivity index (χ0n) is 13.2. The Morgan fingerprint density at radius 2 is 1.68 bits per heavy atom. The summed E-state index contributed by atoms with van der Waals surface area (Å²) >= 11 is 0.0954. The summed E-state index contributed by atoms with van der Waals surface area (Å²) in [6.45, 7) is -2.85. The molecule has 134 valence electrons. The molecular formula is C16H17O7PS. The second kappa shape index (κ2) is 7.49. The van der Waals surface area contributed by atoms with Crippen molar-refractivity contribution in [3.8, 4) is 17.2 Å². The highest BCUT2D eigenvalue weighted by atomic mass is 32.7. The van der Waals surface area contributed by atoms with Gasteiger partial charge in [0.1, 0.15) is 17.2 Å². The highest BCUT2D eigenvalue weighted by Gasteiger charge is 2.29. The fourth-order valence-electron chi connectivity index (χ4n) is 2.49. The highest BCUT2D eigenvalue weighted by Crippen LogP contribution is 2.57. The first-order valence-electron chi connectivity index (χ1n) is 7.26. The third-order valence-electron chi connectivity index (χ3n) is 3.55. The Kier molecular flexibility index (Phi) is 5.80. The average molecular weight is 384 g/mol. The molecule has 0 bridgehead atoms. The Labute approximate surface area is 147 Å². The van der Waals surface area contributed by atoms with Gasteiger partial charge in [-0.05, 0) is 41.6 Å². The summed E-state index contributed by atoms with van der Waals surface area (Å²) in [5.41, 5.74) is 0.330. The van der Waals surface area contributed by atoms with E-state index in [-0.39, 0.29) is 27.6 Å². The molecule has 0 radical (unpaired) electrons. The number of aromatic hydroxyl groups is 3. The second-order valence-corrected chi connectivity index (χ2v) is 8.91. The molecule has 25 heavy (non-hydrogen) atoms. The molecule has 0 aliphatic rings. The van der Waals surface area contributed by atoms with E-state index in [9.17, 15) is 34.5 Å². The highest BCUT2D eigenvalue weighted by molar-refractivity contribution is 8.54. The molecule has 2 aromatic carbocycles. The van der Waals surface area contributed by atoms with Gasteiger partial charge in [0.25, 0.3) is 0 Å². The summed E-state index contributed by atoms with van der Waals surface area (Å²) in [5, 5.41) is 29.0. The lowest BCUT2D eigenvalue weighted by Gasteiger charge is -2.18. The van der Waals surface area contributed by atoms with Crippen molar-refractivity contribution in [2.24, 2.45) is 0 Å². The smallest absolute Gasteiger partial charge is 0.388 e. The third-order valence-corrected chi connectivity index (χ3v) is 5.61. The van der Waals surface area contributed by atoms with E-state index in [1.54, 1.807) is 19.1 Å². The number of carbonyl (C=O) groups excluding carboxylic acids is 1. The van der Waals surface area contributed by atoms with Crippen molar-refractivity contribution in [2.45, 2.75) is 24.2 Å². The van der Waals surface area contributed by atoms with Crippen LogP contribution in [0.4, 0.5) is 0 Å². The Morgan fingerprint density at radius 1 is 1.08 bits per heavy atom. The zero-order valence-corrected chi connectivity index (χ0v) is 14.9. The van der Waals surface area contributed by atoms with E-state index >= 15 is 0 Å². The van der Waals surface area contributed by atoms with Crippen molar-refractivity contribution in [1.29, 1.82) is 0 Å². The molecule has 1 atom stereocenters. The molecule has 2 aromatic rings. The fraction of sp³-hybridized carbons (Fsp3) is 0.188. The predicted molar refractivity (Wildman–Crippen MR) is 93.1 cm³/mol. The van der Waals surface area contributed by atoms with E-state index < -0.39 is 30.0 Å². The van der Waals surface area contributed by atoms with Gasteiger partial charge in [-0.2, -0.15) is 0 Å². The van der Waals surface area contributed by atoms with E-state index in [0.29, 0.717) is 12.0 Å². The number of carbonyl (C=O) groups is 1. The number of hydrogen-bond acceptors (Lipinski definition) is 6. The summed E-state index contributed by atoms with van der Waals surface area (Å²) in [6, 6.07) is 7.95. The van der Waals surface area contributed by atoms with Gasteiger partial charge in [-0.15, -0.1) is 0 Å². The van der Waals surface area contributed by atoms with Crippen LogP contribution in [0.2, 0.25) is 0 Å². The van der Waals surface area contributed by atoms with Gasteiger partial charge in [0.05, 0.1) is 5.56 Å². The van der Waals surface area contributed by atoms with Crippen LogP contribution in [0.15, 0.2) is 41.3 Å². The molecule has 0 aliphatic heterocycles. The standard InChI is InChI=1S/C16H17O7PS/c1-2-12(9-3-5-10(17)6-4-9)16(20)15-13(19)7-11(18)8-14(15)25-24(21,22)23/h3-8,12,17-19H,2H2,1H3,(H2,21,22,23). The van der Waals surface area contributed by atoms with Crippen molar-refractivity contribution in [1.82, 2.24) is 0 Å². The van der Waals surface area contributed by atoms with Crippen LogP contribution in [0.1, 0.15) is 35.2 Å². The number of phenolic OH excluding ortho intramolecular Hbond substituents is 3. The Hall–Kier alpha value is -1.99. The SMILES string of the molecule is CCC(C(=O)c1c(O)cc(O)cc1SP(=O)(O)O)c1ccc(O)cc1. The van der Waals surface area contributed by atoms with Crippen molar-refractivity contribution in [3.05, 3.63) is 47.5 Å². The van der Waals surface area contributed by atoms with E-state index in [4.69, 9.17) is 0 Å². The first-order valence-corrected chi connectivity index (χ1v) is 10.3. The summed E-state index contributed by atoms with van der Waals surface area (Å²) in [4.78, 5) is 31.1. The lowest BCUT2D eigenvalue weighted by atomic mass is 9.88. The van der Waals surface area contributed by atoms with Gasteiger partial charge in [-0.25, -0.2) is 4.57 Å². The first-order chi connectivity index (χ1) is 11.6. The topological polar surface area (TPSA) is 135 Å². The van der Waals surface area contributed by atoms with E-state index in [2.05, 4.69) is 0 Å². The van der Waals surface area contributed by atoms with Gasteiger partial charge >= 0.3 is 6.80 Å². The average Bonchev–Trinajstić information content (AvgIpc) is 2.47. The maximum atomic E-state index is 12.9. The molecule has 1 unspecified atom stereocenters. The molecule has 0 heterocycles. The number of benzene rings is 2. The monoisotopic (exact) mass is 384 g/mol. The van der Waals surface area contributed by atoms with Crippen LogP contribution >= 0.6 is 18.2 Å². The minimum atomic E-state index is -4.60.